The summed E-state index contributed by atoms with van der Waals surface area (Å²) in [5, 5.41) is 17.1. The Morgan fingerprint density at radius 3 is 2.62 bits per heavy atom. The van der Waals surface area contributed by atoms with Gasteiger partial charge >= 0.3 is 5.97 Å². The lowest BCUT2D eigenvalue weighted by Crippen LogP contribution is -2.27. The predicted molar refractivity (Wildman–Crippen MR) is 73.9 cm³/mol. The van der Waals surface area contributed by atoms with Crippen molar-refractivity contribution in [2.45, 2.75) is 20.0 Å². The van der Waals surface area contributed by atoms with Crippen LogP contribution in [0.1, 0.15) is 33.3 Å². The van der Waals surface area contributed by atoms with Crippen molar-refractivity contribution in [3.63, 3.8) is 0 Å². The number of nitrogens with zero attached hydrogens (tertiary/aromatic N) is 5. The topological polar surface area (TPSA) is 93.2 Å². The number of hydrogen-bond donors (Lipinski definition) is 1. The molecule has 0 saturated heterocycles. The molecule has 0 atom stereocenters. The summed E-state index contributed by atoms with van der Waals surface area (Å²) in [5.74, 6) is -1.56. The van der Waals surface area contributed by atoms with Gasteiger partial charge in [0.2, 0.25) is 0 Å². The van der Waals surface area contributed by atoms with Crippen LogP contribution in [-0.2, 0) is 20.1 Å². The number of carboxylic acid groups (broad SMARTS) is 1. The fourth-order valence-electron chi connectivity index (χ4n) is 2.06. The number of rotatable bonds is 5. The second-order valence-electron chi connectivity index (χ2n) is 4.70. The summed E-state index contributed by atoms with van der Waals surface area (Å²) >= 11 is 0. The Morgan fingerprint density at radius 2 is 2.05 bits per heavy atom. The highest BCUT2D eigenvalue weighted by atomic mass is 16.4. The molecule has 1 N–H and O–H groups in total. The molecule has 2 rings (SSSR count). The molecule has 2 heterocycles. The van der Waals surface area contributed by atoms with Crippen molar-refractivity contribution < 1.29 is 14.7 Å². The summed E-state index contributed by atoms with van der Waals surface area (Å²) in [6.45, 7) is 3.08. The molecule has 0 bridgehead atoms. The minimum Gasteiger partial charge on any atom is -0.477 e. The van der Waals surface area contributed by atoms with Crippen LogP contribution < -0.4 is 0 Å². The van der Waals surface area contributed by atoms with Crippen LogP contribution in [0.2, 0.25) is 0 Å². The zero-order valence-electron chi connectivity index (χ0n) is 12.1. The second kappa shape index (κ2) is 5.78. The third kappa shape index (κ3) is 2.93. The van der Waals surface area contributed by atoms with Gasteiger partial charge in [0.25, 0.3) is 5.91 Å². The number of carbonyl (C=O) groups excluding carboxylic acids is 1. The van der Waals surface area contributed by atoms with E-state index in [2.05, 4.69) is 10.2 Å². The molecule has 0 fully saturated rings. The molecule has 21 heavy (non-hydrogen) atoms. The molecule has 0 spiro atoms. The molecule has 112 valence electrons. The molecular weight excluding hydrogens is 274 g/mol. The standard InChI is InChI=1S/C13H17N5O3/c1-4-18-8-9(5-15-18)7-16(2)12(19)10-6-14-17(3)11(10)13(20)21/h5-6,8H,4,7H2,1-3H3,(H,20,21). The van der Waals surface area contributed by atoms with Gasteiger partial charge in [-0.05, 0) is 6.92 Å². The first-order chi connectivity index (χ1) is 9.93. The lowest BCUT2D eigenvalue weighted by molar-refractivity contribution is 0.0669. The number of aryl methyl sites for hydroxylation is 2. The van der Waals surface area contributed by atoms with Gasteiger partial charge < -0.3 is 10.0 Å². The van der Waals surface area contributed by atoms with Crippen LogP contribution in [0.3, 0.4) is 0 Å². The van der Waals surface area contributed by atoms with E-state index in [1.807, 2.05) is 13.1 Å². The quantitative estimate of drug-likeness (QED) is 0.871. The largest absolute Gasteiger partial charge is 0.477 e. The van der Waals surface area contributed by atoms with E-state index in [1.165, 1.54) is 22.8 Å². The molecule has 2 aromatic heterocycles. The lowest BCUT2D eigenvalue weighted by atomic mass is 10.2. The van der Waals surface area contributed by atoms with E-state index in [1.54, 1.807) is 17.9 Å². The minimum atomic E-state index is -1.18. The Labute approximate surface area is 121 Å². The van der Waals surface area contributed by atoms with Gasteiger partial charge in [-0.3, -0.25) is 14.2 Å². The first-order valence-corrected chi connectivity index (χ1v) is 6.46. The third-order valence-electron chi connectivity index (χ3n) is 3.15. The van der Waals surface area contributed by atoms with E-state index in [0.29, 0.717) is 6.54 Å². The maximum Gasteiger partial charge on any atom is 0.354 e. The SMILES string of the molecule is CCn1cc(CN(C)C(=O)c2cnn(C)c2C(=O)O)cn1. The van der Waals surface area contributed by atoms with Crippen molar-refractivity contribution in [3.05, 3.63) is 35.4 Å². The lowest BCUT2D eigenvalue weighted by Gasteiger charge is -2.15. The highest BCUT2D eigenvalue weighted by Gasteiger charge is 2.24. The van der Waals surface area contributed by atoms with E-state index in [4.69, 9.17) is 5.11 Å². The first kappa shape index (κ1) is 14.8. The summed E-state index contributed by atoms with van der Waals surface area (Å²) in [6.07, 6.45) is 4.82. The van der Waals surface area contributed by atoms with Crippen molar-refractivity contribution in [1.29, 1.82) is 0 Å². The van der Waals surface area contributed by atoms with E-state index >= 15 is 0 Å². The van der Waals surface area contributed by atoms with Crippen LogP contribution >= 0.6 is 0 Å². The summed E-state index contributed by atoms with van der Waals surface area (Å²) in [6, 6.07) is 0. The van der Waals surface area contributed by atoms with Crippen LogP contribution in [0.5, 0.6) is 0 Å². The Morgan fingerprint density at radius 1 is 1.33 bits per heavy atom. The molecule has 0 aliphatic carbocycles. The highest BCUT2D eigenvalue weighted by Crippen LogP contribution is 2.12. The van der Waals surface area contributed by atoms with Crippen LogP contribution in [-0.4, -0.2) is 48.5 Å². The van der Waals surface area contributed by atoms with Gasteiger partial charge in [-0.2, -0.15) is 10.2 Å². The molecular formula is C13H17N5O3. The smallest absolute Gasteiger partial charge is 0.354 e. The van der Waals surface area contributed by atoms with Crippen molar-refractivity contribution in [1.82, 2.24) is 24.5 Å². The van der Waals surface area contributed by atoms with E-state index in [9.17, 15) is 9.59 Å². The van der Waals surface area contributed by atoms with Crippen LogP contribution in [0.4, 0.5) is 0 Å². The van der Waals surface area contributed by atoms with Gasteiger partial charge in [0.15, 0.2) is 5.69 Å². The van der Waals surface area contributed by atoms with Gasteiger partial charge in [0.05, 0.1) is 18.0 Å². The summed E-state index contributed by atoms with van der Waals surface area (Å²) < 4.78 is 2.94. The van der Waals surface area contributed by atoms with Gasteiger partial charge in [-0.15, -0.1) is 0 Å². The molecule has 2 aromatic rings. The van der Waals surface area contributed by atoms with Crippen molar-refractivity contribution in [3.8, 4) is 0 Å². The fraction of sp³-hybridized carbons (Fsp3) is 0.385. The molecule has 0 unspecified atom stereocenters. The monoisotopic (exact) mass is 291 g/mol. The van der Waals surface area contributed by atoms with E-state index in [0.717, 1.165) is 12.1 Å². The average molecular weight is 291 g/mol. The molecule has 0 saturated carbocycles. The summed E-state index contributed by atoms with van der Waals surface area (Å²) in [4.78, 5) is 25.0. The first-order valence-electron chi connectivity index (χ1n) is 6.46. The van der Waals surface area contributed by atoms with Crippen LogP contribution in [0, 0.1) is 0 Å². The Hall–Kier alpha value is -2.64. The molecule has 0 aromatic carbocycles. The van der Waals surface area contributed by atoms with Crippen molar-refractivity contribution in [2.24, 2.45) is 7.05 Å². The Balaban J connectivity index is 2.17. The number of amides is 1. The van der Waals surface area contributed by atoms with Gasteiger partial charge in [-0.25, -0.2) is 4.79 Å². The molecule has 0 aliphatic rings. The number of carbonyl (C=O) groups is 2. The average Bonchev–Trinajstić information content (AvgIpc) is 3.04. The zero-order chi connectivity index (χ0) is 15.6. The van der Waals surface area contributed by atoms with Gasteiger partial charge in [-0.1, -0.05) is 0 Å². The maximum atomic E-state index is 12.3. The molecule has 0 aliphatic heterocycles. The van der Waals surface area contributed by atoms with Gasteiger partial charge in [0.1, 0.15) is 0 Å². The van der Waals surface area contributed by atoms with Crippen LogP contribution in [0.15, 0.2) is 18.6 Å². The predicted octanol–water partition coefficient (Wildman–Crippen LogP) is 0.607. The summed E-state index contributed by atoms with van der Waals surface area (Å²) in [5.41, 5.74) is 0.847. The maximum absolute atomic E-state index is 12.3. The van der Waals surface area contributed by atoms with Gasteiger partial charge in [0, 0.05) is 38.9 Å². The number of aromatic nitrogens is 4. The highest BCUT2D eigenvalue weighted by molar-refractivity contribution is 6.03. The zero-order valence-corrected chi connectivity index (χ0v) is 12.1. The summed E-state index contributed by atoms with van der Waals surface area (Å²) in [7, 11) is 3.11. The molecule has 8 nitrogen and oxygen atoms in total. The van der Waals surface area contributed by atoms with E-state index in [-0.39, 0.29) is 17.2 Å². The number of hydrogen-bond acceptors (Lipinski definition) is 4. The van der Waals surface area contributed by atoms with Crippen molar-refractivity contribution in [2.75, 3.05) is 7.05 Å². The Kier molecular flexibility index (Phi) is 4.06. The molecule has 8 heteroatoms. The second-order valence-corrected chi connectivity index (χ2v) is 4.70. The number of aromatic carboxylic acids is 1. The van der Waals surface area contributed by atoms with Crippen LogP contribution in [0.25, 0.3) is 0 Å². The molecule has 1 amide bonds. The minimum absolute atomic E-state index is 0.0791. The fourth-order valence-corrected chi connectivity index (χ4v) is 2.06. The van der Waals surface area contributed by atoms with Crippen molar-refractivity contribution >= 4 is 11.9 Å². The number of carboxylic acids is 1. The molecule has 0 radical (unpaired) electrons. The Bertz CT molecular complexity index is 673. The van der Waals surface area contributed by atoms with E-state index < -0.39 is 5.97 Å². The normalized spacial score (nSPS) is 10.6. The third-order valence-corrected chi connectivity index (χ3v) is 3.15.